The standard InChI is InChI=1S/C28H31F4N3O3/c1-16-23(25(36)17-7-9-27(38,10-8-17)15-35-11-3-2-4-12-35)24(28(30,31)32)22(33-16)14-20-19-13-18(29)5-6-21(19)34-26(20)37/h5-6,13-14,17,33,38H,2-4,7-12,15H2,1H3,(H,34,37)/b20-14-. The molecule has 0 spiro atoms. The molecule has 1 aliphatic carbocycles. The van der Waals surface area contributed by atoms with Crippen molar-refractivity contribution in [3.05, 3.63) is 52.1 Å². The second kappa shape index (κ2) is 9.96. The average Bonchev–Trinajstić information content (AvgIpc) is 3.35. The monoisotopic (exact) mass is 533 g/mol. The second-order valence-corrected chi connectivity index (χ2v) is 10.8. The van der Waals surface area contributed by atoms with Gasteiger partial charge in [0.15, 0.2) is 5.78 Å². The Balaban J connectivity index is 1.41. The first-order valence-corrected chi connectivity index (χ1v) is 13.1. The van der Waals surface area contributed by atoms with Crippen LogP contribution in [-0.2, 0) is 11.0 Å². The van der Waals surface area contributed by atoms with Crippen LogP contribution in [0, 0.1) is 18.7 Å². The highest BCUT2D eigenvalue weighted by molar-refractivity contribution is 6.35. The largest absolute Gasteiger partial charge is 0.419 e. The van der Waals surface area contributed by atoms with Gasteiger partial charge in [-0.05, 0) is 82.8 Å². The summed E-state index contributed by atoms with van der Waals surface area (Å²) in [5.41, 5.74) is -2.53. The second-order valence-electron chi connectivity index (χ2n) is 10.8. The van der Waals surface area contributed by atoms with Crippen LogP contribution in [0.4, 0.5) is 23.2 Å². The average molecular weight is 534 g/mol. The SMILES string of the molecule is Cc1[nH]c(/C=C2\C(=O)Nc3ccc(F)cc32)c(C(F)(F)F)c1C(=O)C1CCC(O)(CN2CCCCC2)CC1. The van der Waals surface area contributed by atoms with Gasteiger partial charge in [0.2, 0.25) is 0 Å². The molecule has 1 saturated heterocycles. The highest BCUT2D eigenvalue weighted by Gasteiger charge is 2.44. The number of likely N-dealkylation sites (tertiary alicyclic amines) is 1. The fourth-order valence-electron chi connectivity index (χ4n) is 6.12. The van der Waals surface area contributed by atoms with Crippen LogP contribution in [0.2, 0.25) is 0 Å². The molecule has 38 heavy (non-hydrogen) atoms. The lowest BCUT2D eigenvalue weighted by atomic mass is 9.75. The molecule has 1 aromatic heterocycles. The molecule has 3 heterocycles. The Labute approximate surface area is 218 Å². The van der Waals surface area contributed by atoms with Crippen LogP contribution in [0.5, 0.6) is 0 Å². The molecule has 1 saturated carbocycles. The number of piperidine rings is 1. The van der Waals surface area contributed by atoms with Gasteiger partial charge in [-0.1, -0.05) is 6.42 Å². The Bertz CT molecular complexity index is 1280. The molecule has 5 rings (SSSR count). The summed E-state index contributed by atoms with van der Waals surface area (Å²) < 4.78 is 56.9. The Morgan fingerprint density at radius 1 is 1.18 bits per heavy atom. The summed E-state index contributed by atoms with van der Waals surface area (Å²) >= 11 is 0. The van der Waals surface area contributed by atoms with Gasteiger partial charge in [0.05, 0.1) is 28.0 Å². The van der Waals surface area contributed by atoms with E-state index in [4.69, 9.17) is 0 Å². The van der Waals surface area contributed by atoms with Crippen molar-refractivity contribution in [1.29, 1.82) is 0 Å². The van der Waals surface area contributed by atoms with E-state index in [1.807, 2.05) is 0 Å². The summed E-state index contributed by atoms with van der Waals surface area (Å²) in [5, 5.41) is 13.6. The van der Waals surface area contributed by atoms with E-state index >= 15 is 0 Å². The highest BCUT2D eigenvalue weighted by atomic mass is 19.4. The number of aromatic amines is 1. The van der Waals surface area contributed by atoms with Gasteiger partial charge in [-0.25, -0.2) is 4.39 Å². The minimum atomic E-state index is -4.87. The lowest BCUT2D eigenvalue weighted by Crippen LogP contribution is -2.47. The predicted molar refractivity (Wildman–Crippen MR) is 135 cm³/mol. The molecule has 2 fully saturated rings. The molecule has 2 aromatic rings. The van der Waals surface area contributed by atoms with E-state index in [1.165, 1.54) is 19.4 Å². The van der Waals surface area contributed by atoms with Gasteiger partial charge in [-0.2, -0.15) is 13.2 Å². The lowest BCUT2D eigenvalue weighted by Gasteiger charge is -2.40. The summed E-state index contributed by atoms with van der Waals surface area (Å²) in [7, 11) is 0. The zero-order chi connectivity index (χ0) is 27.2. The van der Waals surface area contributed by atoms with E-state index in [0.29, 0.717) is 37.9 Å². The number of anilines is 1. The van der Waals surface area contributed by atoms with E-state index < -0.39 is 52.0 Å². The number of β-amino-alcohol motifs (C(OH)–C–C–N with tert-alkyl or cyclic N) is 1. The first kappa shape index (κ1) is 26.6. The number of aliphatic hydroxyl groups is 1. The number of carbonyl (C=O) groups is 2. The Morgan fingerprint density at radius 3 is 2.53 bits per heavy atom. The molecule has 3 N–H and O–H groups in total. The normalized spacial score (nSPS) is 25.5. The minimum Gasteiger partial charge on any atom is -0.389 e. The third-order valence-corrected chi connectivity index (χ3v) is 8.05. The Kier molecular flexibility index (Phi) is 6.98. The fourth-order valence-corrected chi connectivity index (χ4v) is 6.12. The minimum absolute atomic E-state index is 0.0567. The molecule has 6 nitrogen and oxygen atoms in total. The maximum absolute atomic E-state index is 14.4. The van der Waals surface area contributed by atoms with Crippen LogP contribution in [0.1, 0.15) is 77.8 Å². The zero-order valence-corrected chi connectivity index (χ0v) is 21.2. The van der Waals surface area contributed by atoms with E-state index in [0.717, 1.165) is 44.1 Å². The zero-order valence-electron chi connectivity index (χ0n) is 21.2. The highest BCUT2D eigenvalue weighted by Crippen LogP contribution is 2.42. The fraction of sp³-hybridized carbons (Fsp3) is 0.500. The van der Waals surface area contributed by atoms with Crippen molar-refractivity contribution in [2.24, 2.45) is 5.92 Å². The van der Waals surface area contributed by atoms with Crippen LogP contribution >= 0.6 is 0 Å². The van der Waals surface area contributed by atoms with Gasteiger partial charge < -0.3 is 20.3 Å². The number of H-pyrrole nitrogens is 1. The maximum atomic E-state index is 14.4. The number of aromatic nitrogens is 1. The number of benzene rings is 1. The van der Waals surface area contributed by atoms with Crippen LogP contribution in [0.15, 0.2) is 18.2 Å². The molecule has 2 aliphatic heterocycles. The smallest absolute Gasteiger partial charge is 0.389 e. The van der Waals surface area contributed by atoms with Gasteiger partial charge in [-0.3, -0.25) is 9.59 Å². The van der Waals surface area contributed by atoms with Crippen molar-refractivity contribution in [3.63, 3.8) is 0 Å². The van der Waals surface area contributed by atoms with Crippen molar-refractivity contribution in [3.8, 4) is 0 Å². The van der Waals surface area contributed by atoms with Crippen molar-refractivity contribution in [1.82, 2.24) is 9.88 Å². The molecule has 0 atom stereocenters. The summed E-state index contributed by atoms with van der Waals surface area (Å²) in [4.78, 5) is 30.9. The molecule has 10 heteroatoms. The van der Waals surface area contributed by atoms with Crippen molar-refractivity contribution in [2.75, 3.05) is 25.0 Å². The number of ketones is 1. The number of halogens is 4. The van der Waals surface area contributed by atoms with Gasteiger partial charge >= 0.3 is 6.18 Å². The number of hydrogen-bond acceptors (Lipinski definition) is 4. The molecule has 1 amide bonds. The number of aryl methyl sites for hydroxylation is 1. The number of Topliss-reactive ketones (excluding diaryl/α,β-unsaturated/α-hetero) is 1. The van der Waals surface area contributed by atoms with Gasteiger partial charge in [0, 0.05) is 29.4 Å². The van der Waals surface area contributed by atoms with Crippen molar-refractivity contribution < 1.29 is 32.3 Å². The van der Waals surface area contributed by atoms with Crippen LogP contribution in [0.25, 0.3) is 11.6 Å². The number of fused-ring (bicyclic) bond motifs is 1. The molecule has 0 radical (unpaired) electrons. The van der Waals surface area contributed by atoms with Crippen LogP contribution in [-0.4, -0.2) is 51.9 Å². The topological polar surface area (TPSA) is 85.4 Å². The maximum Gasteiger partial charge on any atom is 0.419 e. The van der Waals surface area contributed by atoms with E-state index in [2.05, 4.69) is 15.2 Å². The molecule has 0 unspecified atom stereocenters. The number of nitrogens with one attached hydrogen (secondary N) is 2. The number of amides is 1. The molecule has 204 valence electrons. The van der Waals surface area contributed by atoms with E-state index in [-0.39, 0.29) is 16.8 Å². The van der Waals surface area contributed by atoms with Gasteiger partial charge in [0.1, 0.15) is 5.82 Å². The summed E-state index contributed by atoms with van der Waals surface area (Å²) in [5.74, 6) is -2.53. The van der Waals surface area contributed by atoms with E-state index in [1.54, 1.807) is 0 Å². The van der Waals surface area contributed by atoms with Crippen LogP contribution < -0.4 is 5.32 Å². The van der Waals surface area contributed by atoms with Crippen molar-refractivity contribution in [2.45, 2.75) is 63.6 Å². The first-order valence-electron chi connectivity index (χ1n) is 13.1. The Hall–Kier alpha value is -2.98. The first-order chi connectivity index (χ1) is 17.9. The van der Waals surface area contributed by atoms with E-state index in [9.17, 15) is 32.3 Å². The summed E-state index contributed by atoms with van der Waals surface area (Å²) in [6.45, 7) is 3.78. The molecular weight excluding hydrogens is 502 g/mol. The third kappa shape index (κ3) is 5.16. The third-order valence-electron chi connectivity index (χ3n) is 8.05. The summed E-state index contributed by atoms with van der Waals surface area (Å²) in [6, 6.07) is 3.58. The molecule has 1 aromatic carbocycles. The number of hydrogen-bond donors (Lipinski definition) is 3. The molecule has 0 bridgehead atoms. The quantitative estimate of drug-likeness (QED) is 0.267. The lowest BCUT2D eigenvalue weighted by molar-refractivity contribution is -0.138. The van der Waals surface area contributed by atoms with Gasteiger partial charge in [0.25, 0.3) is 5.91 Å². The van der Waals surface area contributed by atoms with Crippen LogP contribution in [0.3, 0.4) is 0 Å². The molecular formula is C28H31F4N3O3. The predicted octanol–water partition coefficient (Wildman–Crippen LogP) is 5.56. The molecule has 3 aliphatic rings. The van der Waals surface area contributed by atoms with Crippen molar-refractivity contribution >= 4 is 29.0 Å². The number of rotatable bonds is 5. The van der Waals surface area contributed by atoms with Gasteiger partial charge in [-0.15, -0.1) is 0 Å². The summed E-state index contributed by atoms with van der Waals surface area (Å²) in [6.07, 6.45) is 0.823. The number of nitrogens with zero attached hydrogens (tertiary/aromatic N) is 1. The number of alkyl halides is 3. The number of carbonyl (C=O) groups excluding carboxylic acids is 2. The Morgan fingerprint density at radius 2 is 1.87 bits per heavy atom.